The number of rotatable bonds is 2. The highest BCUT2D eigenvalue weighted by atomic mass is 19.1. The number of benzene rings is 1. The summed E-state index contributed by atoms with van der Waals surface area (Å²) in [7, 11) is 0. The van der Waals surface area contributed by atoms with Crippen molar-refractivity contribution < 1.29 is 13.6 Å². The number of carbonyl (C=O) groups is 1. The number of carbonyl (C=O) groups excluding carboxylic acids is 1. The largest absolute Gasteiger partial charge is 0.316 e. The molecule has 0 radical (unpaired) electrons. The molecular formula is C11H7F2N3O. The molecule has 0 fully saturated rings. The van der Waals surface area contributed by atoms with E-state index in [1.807, 2.05) is 0 Å². The van der Waals surface area contributed by atoms with E-state index in [-0.39, 0.29) is 5.69 Å². The van der Waals surface area contributed by atoms with E-state index in [0.717, 1.165) is 12.1 Å². The highest BCUT2D eigenvalue weighted by Crippen LogP contribution is 2.18. The Morgan fingerprint density at radius 2 is 1.82 bits per heavy atom. The fourth-order valence-corrected chi connectivity index (χ4v) is 1.22. The van der Waals surface area contributed by atoms with E-state index < -0.39 is 23.2 Å². The van der Waals surface area contributed by atoms with Crippen molar-refractivity contribution >= 4 is 11.6 Å². The number of para-hydroxylation sites is 1. The van der Waals surface area contributed by atoms with Crippen LogP contribution in [-0.4, -0.2) is 16.1 Å². The number of hydrogen-bond acceptors (Lipinski definition) is 3. The van der Waals surface area contributed by atoms with Gasteiger partial charge in [-0.25, -0.2) is 8.78 Å². The Morgan fingerprint density at radius 1 is 1.12 bits per heavy atom. The van der Waals surface area contributed by atoms with E-state index in [0.29, 0.717) is 0 Å². The zero-order valence-electron chi connectivity index (χ0n) is 8.52. The molecule has 2 rings (SSSR count). The van der Waals surface area contributed by atoms with Crippen molar-refractivity contribution in [2.45, 2.75) is 0 Å². The Hall–Kier alpha value is -2.37. The molecule has 1 aromatic carbocycles. The maximum Gasteiger partial charge on any atom is 0.276 e. The van der Waals surface area contributed by atoms with Gasteiger partial charge in [0, 0.05) is 6.20 Å². The Bertz CT molecular complexity index is 525. The lowest BCUT2D eigenvalue weighted by atomic mass is 10.2. The van der Waals surface area contributed by atoms with Crippen LogP contribution in [0.4, 0.5) is 14.5 Å². The van der Waals surface area contributed by atoms with Gasteiger partial charge in [0.05, 0.1) is 0 Å². The summed E-state index contributed by atoms with van der Waals surface area (Å²) in [5.74, 6) is -2.41. The number of hydrogen-bond donors (Lipinski definition) is 1. The van der Waals surface area contributed by atoms with Gasteiger partial charge in [-0.3, -0.25) is 4.79 Å². The zero-order chi connectivity index (χ0) is 12.3. The van der Waals surface area contributed by atoms with Crippen LogP contribution in [0.2, 0.25) is 0 Å². The minimum atomic E-state index is -0.845. The molecule has 0 saturated carbocycles. The van der Waals surface area contributed by atoms with Crippen molar-refractivity contribution in [2.75, 3.05) is 5.32 Å². The number of nitrogens with zero attached hydrogens (tertiary/aromatic N) is 2. The predicted molar refractivity (Wildman–Crippen MR) is 56.3 cm³/mol. The lowest BCUT2D eigenvalue weighted by molar-refractivity contribution is 0.102. The quantitative estimate of drug-likeness (QED) is 0.866. The second-order valence-electron chi connectivity index (χ2n) is 3.16. The maximum absolute atomic E-state index is 13.2. The van der Waals surface area contributed by atoms with Gasteiger partial charge in [-0.2, -0.15) is 5.10 Å². The second kappa shape index (κ2) is 4.65. The van der Waals surface area contributed by atoms with Crippen molar-refractivity contribution in [3.63, 3.8) is 0 Å². The minimum absolute atomic E-state index is 0.0184. The van der Waals surface area contributed by atoms with E-state index in [1.165, 1.54) is 24.4 Å². The molecule has 0 atom stereocenters. The third kappa shape index (κ3) is 2.41. The molecule has 2 aromatic rings. The van der Waals surface area contributed by atoms with E-state index >= 15 is 0 Å². The summed E-state index contributed by atoms with van der Waals surface area (Å²) in [5, 5.41) is 9.12. The van der Waals surface area contributed by atoms with E-state index in [9.17, 15) is 13.6 Å². The number of halogens is 2. The third-order valence-electron chi connectivity index (χ3n) is 2.01. The van der Waals surface area contributed by atoms with E-state index in [4.69, 9.17) is 0 Å². The summed E-state index contributed by atoms with van der Waals surface area (Å²) < 4.78 is 26.5. The van der Waals surface area contributed by atoms with Crippen LogP contribution in [0.25, 0.3) is 0 Å². The summed E-state index contributed by atoms with van der Waals surface area (Å²) in [4.78, 5) is 11.6. The van der Waals surface area contributed by atoms with Crippen LogP contribution in [0.15, 0.2) is 36.5 Å². The topological polar surface area (TPSA) is 54.9 Å². The third-order valence-corrected chi connectivity index (χ3v) is 2.01. The first-order chi connectivity index (χ1) is 8.18. The molecule has 0 bridgehead atoms. The van der Waals surface area contributed by atoms with Gasteiger partial charge in [0.25, 0.3) is 5.91 Å². The van der Waals surface area contributed by atoms with Gasteiger partial charge in [0.1, 0.15) is 17.3 Å². The van der Waals surface area contributed by atoms with Gasteiger partial charge in [0.15, 0.2) is 5.69 Å². The summed E-state index contributed by atoms with van der Waals surface area (Å²) in [6.07, 6.45) is 1.39. The number of amides is 1. The lowest BCUT2D eigenvalue weighted by Crippen LogP contribution is -2.16. The number of anilines is 1. The molecule has 6 heteroatoms. The van der Waals surface area contributed by atoms with Crippen LogP contribution in [0.5, 0.6) is 0 Å². The van der Waals surface area contributed by atoms with E-state index in [2.05, 4.69) is 15.5 Å². The van der Waals surface area contributed by atoms with Gasteiger partial charge in [0.2, 0.25) is 0 Å². The van der Waals surface area contributed by atoms with E-state index in [1.54, 1.807) is 0 Å². The molecule has 4 nitrogen and oxygen atoms in total. The molecule has 1 aromatic heterocycles. The Balaban J connectivity index is 2.25. The summed E-state index contributed by atoms with van der Waals surface area (Å²) >= 11 is 0. The molecule has 86 valence electrons. The lowest BCUT2D eigenvalue weighted by Gasteiger charge is -2.06. The zero-order valence-corrected chi connectivity index (χ0v) is 8.52. The molecule has 0 unspecified atom stereocenters. The fraction of sp³-hybridized carbons (Fsp3) is 0. The van der Waals surface area contributed by atoms with Crippen molar-refractivity contribution in [2.24, 2.45) is 0 Å². The van der Waals surface area contributed by atoms with Crippen LogP contribution in [0.1, 0.15) is 10.5 Å². The molecular weight excluding hydrogens is 228 g/mol. The predicted octanol–water partition coefficient (Wildman–Crippen LogP) is 2.01. The monoisotopic (exact) mass is 235 g/mol. The highest BCUT2D eigenvalue weighted by molar-refractivity contribution is 6.02. The van der Waals surface area contributed by atoms with Crippen LogP contribution in [0.3, 0.4) is 0 Å². The summed E-state index contributed by atoms with van der Waals surface area (Å²) in [6, 6.07) is 6.20. The summed E-state index contributed by atoms with van der Waals surface area (Å²) in [6.45, 7) is 0. The molecule has 17 heavy (non-hydrogen) atoms. The molecule has 0 spiro atoms. The van der Waals surface area contributed by atoms with Crippen LogP contribution in [0, 0.1) is 11.6 Å². The Morgan fingerprint density at radius 3 is 2.41 bits per heavy atom. The summed E-state index contributed by atoms with van der Waals surface area (Å²) in [5.41, 5.74) is -0.515. The van der Waals surface area contributed by atoms with Gasteiger partial charge in [-0.1, -0.05) is 6.07 Å². The molecule has 0 aliphatic heterocycles. The second-order valence-corrected chi connectivity index (χ2v) is 3.16. The average Bonchev–Trinajstić information content (AvgIpc) is 2.35. The van der Waals surface area contributed by atoms with Crippen LogP contribution < -0.4 is 5.32 Å². The fourth-order valence-electron chi connectivity index (χ4n) is 1.22. The molecule has 0 aliphatic carbocycles. The molecule has 0 saturated heterocycles. The molecule has 1 N–H and O–H groups in total. The SMILES string of the molecule is O=C(Nc1c(F)cccc1F)c1cccnn1. The van der Waals surface area contributed by atoms with Crippen molar-refractivity contribution in [3.8, 4) is 0 Å². The minimum Gasteiger partial charge on any atom is -0.316 e. The van der Waals surface area contributed by atoms with Crippen molar-refractivity contribution in [3.05, 3.63) is 53.9 Å². The molecule has 1 amide bonds. The normalized spacial score (nSPS) is 10.0. The highest BCUT2D eigenvalue weighted by Gasteiger charge is 2.13. The smallest absolute Gasteiger partial charge is 0.276 e. The first-order valence-corrected chi connectivity index (χ1v) is 4.71. The van der Waals surface area contributed by atoms with Gasteiger partial charge < -0.3 is 5.32 Å². The van der Waals surface area contributed by atoms with Gasteiger partial charge in [-0.05, 0) is 24.3 Å². The maximum atomic E-state index is 13.2. The van der Waals surface area contributed by atoms with Crippen molar-refractivity contribution in [1.82, 2.24) is 10.2 Å². The van der Waals surface area contributed by atoms with Gasteiger partial charge >= 0.3 is 0 Å². The Labute approximate surface area is 95.3 Å². The molecule has 1 heterocycles. The Kier molecular flexibility index (Phi) is 3.04. The van der Waals surface area contributed by atoms with Crippen molar-refractivity contribution in [1.29, 1.82) is 0 Å². The first kappa shape index (κ1) is 11.1. The molecule has 0 aliphatic rings. The number of nitrogens with one attached hydrogen (secondary N) is 1. The average molecular weight is 235 g/mol. The number of aromatic nitrogens is 2. The standard InChI is InChI=1S/C11H7F2N3O/c12-7-3-1-4-8(13)10(7)15-11(17)9-5-2-6-14-16-9/h1-6H,(H,15,17). The first-order valence-electron chi connectivity index (χ1n) is 4.71. The van der Waals surface area contributed by atoms with Crippen LogP contribution >= 0.6 is 0 Å². The van der Waals surface area contributed by atoms with Gasteiger partial charge in [-0.15, -0.1) is 5.10 Å². The van der Waals surface area contributed by atoms with Crippen LogP contribution in [-0.2, 0) is 0 Å².